The Morgan fingerprint density at radius 3 is 2.34 bits per heavy atom. The molecule has 0 fully saturated rings. The Bertz CT molecular complexity index is 1150. The lowest BCUT2D eigenvalue weighted by molar-refractivity contribution is -0.114. The molecule has 0 aliphatic heterocycles. The Morgan fingerprint density at radius 2 is 1.66 bits per heavy atom. The molecule has 150 valence electrons. The van der Waals surface area contributed by atoms with Crippen LogP contribution in [0, 0.1) is 13.8 Å². The molecule has 5 nitrogen and oxygen atoms in total. The van der Waals surface area contributed by atoms with E-state index in [0.29, 0.717) is 11.4 Å². The molecule has 0 aromatic heterocycles. The van der Waals surface area contributed by atoms with Crippen LogP contribution in [-0.4, -0.2) is 20.9 Å². The van der Waals surface area contributed by atoms with Crippen LogP contribution < -0.4 is 10.6 Å². The summed E-state index contributed by atoms with van der Waals surface area (Å²) in [7, 11) is -3.76. The number of nitrogens with one attached hydrogen (secondary N) is 2. The average molecular weight is 429 g/mol. The SMILES string of the molecule is Cc1ccc(NC(=O)CNc2cccc(S(=O)(=O)c3ccccc3)c2Cl)cc1C. The summed E-state index contributed by atoms with van der Waals surface area (Å²) in [6.07, 6.45) is 0. The maximum Gasteiger partial charge on any atom is 0.243 e. The molecule has 0 radical (unpaired) electrons. The van der Waals surface area contributed by atoms with E-state index in [1.807, 2.05) is 32.0 Å². The maximum atomic E-state index is 12.9. The monoisotopic (exact) mass is 428 g/mol. The highest BCUT2D eigenvalue weighted by Gasteiger charge is 2.22. The van der Waals surface area contributed by atoms with E-state index in [0.717, 1.165) is 11.1 Å². The molecule has 0 saturated carbocycles. The third-order valence-electron chi connectivity index (χ3n) is 4.54. The number of hydrogen-bond donors (Lipinski definition) is 2. The first-order valence-corrected chi connectivity index (χ1v) is 10.8. The summed E-state index contributed by atoms with van der Waals surface area (Å²) in [5.41, 5.74) is 3.30. The van der Waals surface area contributed by atoms with Gasteiger partial charge in [-0.15, -0.1) is 0 Å². The number of aryl methyl sites for hydroxylation is 2. The summed E-state index contributed by atoms with van der Waals surface area (Å²) in [5, 5.41) is 5.77. The topological polar surface area (TPSA) is 75.3 Å². The Kier molecular flexibility index (Phi) is 6.25. The van der Waals surface area contributed by atoms with E-state index in [4.69, 9.17) is 11.6 Å². The second kappa shape index (κ2) is 8.68. The molecule has 1 amide bonds. The van der Waals surface area contributed by atoms with E-state index in [2.05, 4.69) is 10.6 Å². The zero-order chi connectivity index (χ0) is 21.0. The van der Waals surface area contributed by atoms with Gasteiger partial charge in [-0.25, -0.2) is 8.42 Å². The second-order valence-electron chi connectivity index (χ2n) is 6.63. The van der Waals surface area contributed by atoms with Gasteiger partial charge in [0.25, 0.3) is 0 Å². The summed E-state index contributed by atoms with van der Waals surface area (Å²) in [4.78, 5) is 12.4. The standard InChI is InChI=1S/C22H21ClN2O3S/c1-15-11-12-17(13-16(15)2)25-21(26)14-24-19-9-6-10-20(22(19)23)29(27,28)18-7-4-3-5-8-18/h3-13,24H,14H2,1-2H3,(H,25,26). The van der Waals surface area contributed by atoms with Crippen molar-refractivity contribution in [2.24, 2.45) is 0 Å². The first-order chi connectivity index (χ1) is 13.8. The van der Waals surface area contributed by atoms with Gasteiger partial charge >= 0.3 is 0 Å². The number of amides is 1. The molecular weight excluding hydrogens is 408 g/mol. The van der Waals surface area contributed by atoms with Crippen molar-refractivity contribution in [2.75, 3.05) is 17.2 Å². The molecule has 3 rings (SSSR count). The first-order valence-electron chi connectivity index (χ1n) is 8.98. The van der Waals surface area contributed by atoms with Crippen LogP contribution in [-0.2, 0) is 14.6 Å². The highest BCUT2D eigenvalue weighted by Crippen LogP contribution is 2.32. The summed E-state index contributed by atoms with van der Waals surface area (Å²) in [6.45, 7) is 3.92. The Hall–Kier alpha value is -2.83. The molecule has 7 heteroatoms. The van der Waals surface area contributed by atoms with Gasteiger partial charge in [-0.05, 0) is 61.4 Å². The summed E-state index contributed by atoms with van der Waals surface area (Å²) in [5.74, 6) is -0.263. The van der Waals surface area contributed by atoms with Crippen molar-refractivity contribution in [1.29, 1.82) is 0 Å². The van der Waals surface area contributed by atoms with Crippen molar-refractivity contribution in [1.82, 2.24) is 0 Å². The fourth-order valence-electron chi connectivity index (χ4n) is 2.78. The lowest BCUT2D eigenvalue weighted by Gasteiger charge is -2.13. The Morgan fingerprint density at radius 1 is 0.931 bits per heavy atom. The van der Waals surface area contributed by atoms with Gasteiger partial charge in [-0.2, -0.15) is 0 Å². The van der Waals surface area contributed by atoms with Crippen LogP contribution in [0.1, 0.15) is 11.1 Å². The number of anilines is 2. The van der Waals surface area contributed by atoms with E-state index < -0.39 is 9.84 Å². The molecule has 0 unspecified atom stereocenters. The molecule has 0 heterocycles. The molecule has 0 aliphatic carbocycles. The van der Waals surface area contributed by atoms with Gasteiger partial charge in [0, 0.05) is 5.69 Å². The third-order valence-corrected chi connectivity index (χ3v) is 6.87. The van der Waals surface area contributed by atoms with E-state index in [9.17, 15) is 13.2 Å². The van der Waals surface area contributed by atoms with Crippen molar-refractivity contribution in [3.8, 4) is 0 Å². The predicted molar refractivity (Wildman–Crippen MR) is 116 cm³/mol. The van der Waals surface area contributed by atoms with Crippen LogP contribution in [0.2, 0.25) is 5.02 Å². The predicted octanol–water partition coefficient (Wildman–Crippen LogP) is 4.84. The minimum atomic E-state index is -3.76. The first kappa shape index (κ1) is 20.9. The van der Waals surface area contributed by atoms with Crippen molar-refractivity contribution < 1.29 is 13.2 Å². The van der Waals surface area contributed by atoms with Crippen LogP contribution in [0.3, 0.4) is 0 Å². The molecule has 3 aromatic carbocycles. The Labute approximate surface area is 175 Å². The minimum absolute atomic E-state index is 0.00932. The zero-order valence-corrected chi connectivity index (χ0v) is 17.6. The van der Waals surface area contributed by atoms with Crippen molar-refractivity contribution in [3.05, 3.63) is 82.9 Å². The molecule has 0 saturated heterocycles. The van der Waals surface area contributed by atoms with Crippen LogP contribution in [0.25, 0.3) is 0 Å². The van der Waals surface area contributed by atoms with Crippen molar-refractivity contribution in [2.45, 2.75) is 23.6 Å². The molecule has 29 heavy (non-hydrogen) atoms. The fourth-order valence-corrected chi connectivity index (χ4v) is 4.65. The smallest absolute Gasteiger partial charge is 0.243 e. The molecule has 0 spiro atoms. The minimum Gasteiger partial charge on any atom is -0.375 e. The number of hydrogen-bond acceptors (Lipinski definition) is 4. The largest absolute Gasteiger partial charge is 0.375 e. The number of sulfone groups is 1. The quantitative estimate of drug-likeness (QED) is 0.589. The molecular formula is C22H21ClN2O3S. The molecule has 3 aromatic rings. The number of rotatable bonds is 6. The van der Waals surface area contributed by atoms with Crippen molar-refractivity contribution in [3.63, 3.8) is 0 Å². The highest BCUT2D eigenvalue weighted by molar-refractivity contribution is 7.91. The lowest BCUT2D eigenvalue weighted by atomic mass is 10.1. The zero-order valence-electron chi connectivity index (χ0n) is 16.1. The highest BCUT2D eigenvalue weighted by atomic mass is 35.5. The van der Waals surface area contributed by atoms with Crippen molar-refractivity contribution >= 4 is 38.7 Å². The molecule has 0 bridgehead atoms. The summed E-state index contributed by atoms with van der Waals surface area (Å²) >= 11 is 6.35. The Balaban J connectivity index is 1.74. The van der Waals surface area contributed by atoms with Crippen LogP contribution in [0.15, 0.2) is 76.5 Å². The fraction of sp³-hybridized carbons (Fsp3) is 0.136. The second-order valence-corrected chi connectivity index (χ2v) is 8.93. The average Bonchev–Trinajstić information content (AvgIpc) is 2.70. The van der Waals surface area contributed by atoms with E-state index >= 15 is 0 Å². The number of carbonyl (C=O) groups excluding carboxylic acids is 1. The van der Waals surface area contributed by atoms with Gasteiger partial charge in [-0.1, -0.05) is 41.9 Å². The molecule has 2 N–H and O–H groups in total. The van der Waals surface area contributed by atoms with Gasteiger partial charge in [0.15, 0.2) is 0 Å². The summed E-state index contributed by atoms with van der Waals surface area (Å²) in [6, 6.07) is 18.4. The number of halogens is 1. The van der Waals surface area contributed by atoms with Gasteiger partial charge in [0.1, 0.15) is 0 Å². The normalized spacial score (nSPS) is 11.1. The lowest BCUT2D eigenvalue weighted by Crippen LogP contribution is -2.22. The van der Waals surface area contributed by atoms with Crippen LogP contribution in [0.4, 0.5) is 11.4 Å². The van der Waals surface area contributed by atoms with E-state index in [-0.39, 0.29) is 27.3 Å². The van der Waals surface area contributed by atoms with Crippen LogP contribution in [0.5, 0.6) is 0 Å². The summed E-state index contributed by atoms with van der Waals surface area (Å²) < 4.78 is 25.7. The van der Waals surface area contributed by atoms with E-state index in [1.54, 1.807) is 30.3 Å². The van der Waals surface area contributed by atoms with Gasteiger partial charge in [0.05, 0.1) is 27.0 Å². The van der Waals surface area contributed by atoms with Gasteiger partial charge in [-0.3, -0.25) is 4.79 Å². The van der Waals surface area contributed by atoms with Gasteiger partial charge < -0.3 is 10.6 Å². The molecule has 0 atom stereocenters. The molecule has 0 aliphatic rings. The number of benzene rings is 3. The van der Waals surface area contributed by atoms with Gasteiger partial charge in [0.2, 0.25) is 15.7 Å². The van der Waals surface area contributed by atoms with E-state index in [1.165, 1.54) is 18.2 Å². The third kappa shape index (κ3) is 4.78. The maximum absolute atomic E-state index is 12.9. The number of carbonyl (C=O) groups is 1. The van der Waals surface area contributed by atoms with Crippen LogP contribution >= 0.6 is 11.6 Å².